The lowest BCUT2D eigenvalue weighted by Crippen LogP contribution is -2.51. The molecule has 1 aromatic rings. The van der Waals surface area contributed by atoms with Crippen LogP contribution in [0, 0.1) is 0 Å². The molecule has 0 aromatic heterocycles. The van der Waals surface area contributed by atoms with E-state index in [1.165, 1.54) is 11.8 Å². The lowest BCUT2D eigenvalue weighted by molar-refractivity contribution is -0.155. The SMILES string of the molecule is CC(=O)O[C@H](C=O)[C@H](O[Si](C)(C)C(C)(C)C)[C@@H]1CN1C(=O)OCc1ccccc1. The molecule has 1 fully saturated rings. The molecule has 0 aliphatic carbocycles. The summed E-state index contributed by atoms with van der Waals surface area (Å²) in [7, 11) is -2.29. The maximum atomic E-state index is 12.5. The van der Waals surface area contributed by atoms with E-state index in [9.17, 15) is 14.4 Å². The van der Waals surface area contributed by atoms with E-state index in [4.69, 9.17) is 13.9 Å². The number of esters is 1. The van der Waals surface area contributed by atoms with Gasteiger partial charge in [0.2, 0.25) is 0 Å². The summed E-state index contributed by atoms with van der Waals surface area (Å²) in [6, 6.07) is 9.02. The molecule has 1 aromatic carbocycles. The van der Waals surface area contributed by atoms with Gasteiger partial charge >= 0.3 is 12.1 Å². The van der Waals surface area contributed by atoms with Gasteiger partial charge in [-0.3, -0.25) is 14.5 Å². The number of nitrogens with zero attached hydrogens (tertiary/aromatic N) is 1. The number of carbonyl (C=O) groups excluding carboxylic acids is 3. The molecule has 0 radical (unpaired) electrons. The van der Waals surface area contributed by atoms with E-state index in [1.807, 2.05) is 30.3 Å². The van der Waals surface area contributed by atoms with Gasteiger partial charge in [0.25, 0.3) is 0 Å². The van der Waals surface area contributed by atoms with Crippen LogP contribution in [0.2, 0.25) is 18.1 Å². The summed E-state index contributed by atoms with van der Waals surface area (Å²) < 4.78 is 17.0. The van der Waals surface area contributed by atoms with Gasteiger partial charge in [0.1, 0.15) is 12.7 Å². The van der Waals surface area contributed by atoms with Crippen molar-refractivity contribution in [2.75, 3.05) is 6.54 Å². The zero-order valence-corrected chi connectivity index (χ0v) is 19.0. The Morgan fingerprint density at radius 1 is 1.24 bits per heavy atom. The van der Waals surface area contributed by atoms with Crippen LogP contribution in [-0.2, 0) is 30.1 Å². The number of rotatable bonds is 8. The average Bonchev–Trinajstić information content (AvgIpc) is 3.43. The molecular weight excluding hydrogens is 390 g/mol. The molecule has 3 atom stereocenters. The second kappa shape index (κ2) is 9.09. The van der Waals surface area contributed by atoms with Crippen molar-refractivity contribution >= 4 is 26.7 Å². The van der Waals surface area contributed by atoms with Crippen LogP contribution in [0.25, 0.3) is 0 Å². The number of benzene rings is 1. The fraction of sp³-hybridized carbons (Fsp3) is 0.571. The first-order valence-electron chi connectivity index (χ1n) is 9.74. The lowest BCUT2D eigenvalue weighted by atomic mass is 10.1. The van der Waals surface area contributed by atoms with Crippen molar-refractivity contribution < 1.29 is 28.3 Å². The molecule has 1 aliphatic heterocycles. The molecule has 0 unspecified atom stereocenters. The highest BCUT2D eigenvalue weighted by Gasteiger charge is 2.53. The highest BCUT2D eigenvalue weighted by molar-refractivity contribution is 6.74. The molecular formula is C21H31NO6Si. The Bertz CT molecular complexity index is 730. The first-order valence-corrected chi connectivity index (χ1v) is 12.6. The van der Waals surface area contributed by atoms with Crippen LogP contribution in [0.15, 0.2) is 30.3 Å². The largest absolute Gasteiger partial charge is 0.452 e. The lowest BCUT2D eigenvalue weighted by Gasteiger charge is -2.40. The number of hydrogen-bond acceptors (Lipinski definition) is 6. The molecule has 1 heterocycles. The van der Waals surface area contributed by atoms with Crippen molar-refractivity contribution in [2.45, 2.75) is 70.7 Å². The van der Waals surface area contributed by atoms with Gasteiger partial charge in [-0.25, -0.2) is 4.79 Å². The molecule has 1 amide bonds. The van der Waals surface area contributed by atoms with Gasteiger partial charge in [-0.15, -0.1) is 0 Å². The van der Waals surface area contributed by atoms with Crippen molar-refractivity contribution in [1.29, 1.82) is 0 Å². The van der Waals surface area contributed by atoms with Crippen molar-refractivity contribution in [3.8, 4) is 0 Å². The molecule has 7 nitrogen and oxygen atoms in total. The molecule has 0 spiro atoms. The quantitative estimate of drug-likeness (QED) is 0.276. The van der Waals surface area contributed by atoms with Crippen LogP contribution < -0.4 is 0 Å². The molecule has 29 heavy (non-hydrogen) atoms. The van der Waals surface area contributed by atoms with E-state index in [0.29, 0.717) is 12.8 Å². The summed E-state index contributed by atoms with van der Waals surface area (Å²) in [4.78, 5) is 37.1. The third-order valence-corrected chi connectivity index (χ3v) is 9.94. The van der Waals surface area contributed by atoms with Crippen LogP contribution in [0.4, 0.5) is 4.79 Å². The van der Waals surface area contributed by atoms with Crippen LogP contribution >= 0.6 is 0 Å². The number of aldehydes is 1. The van der Waals surface area contributed by atoms with Crippen molar-refractivity contribution in [3.63, 3.8) is 0 Å². The molecule has 8 heteroatoms. The zero-order chi connectivity index (χ0) is 21.8. The number of ether oxygens (including phenoxy) is 2. The minimum Gasteiger partial charge on any atom is -0.452 e. The van der Waals surface area contributed by atoms with Crippen LogP contribution in [0.5, 0.6) is 0 Å². The Morgan fingerprint density at radius 3 is 2.38 bits per heavy atom. The maximum Gasteiger partial charge on any atom is 0.410 e. The predicted molar refractivity (Wildman–Crippen MR) is 111 cm³/mol. The van der Waals surface area contributed by atoms with Crippen LogP contribution in [0.1, 0.15) is 33.3 Å². The number of amides is 1. The minimum absolute atomic E-state index is 0.109. The molecule has 1 aliphatic rings. The normalized spacial score (nSPS) is 18.6. The molecule has 0 saturated carbocycles. The van der Waals surface area contributed by atoms with Gasteiger partial charge in [-0.1, -0.05) is 51.1 Å². The van der Waals surface area contributed by atoms with Gasteiger partial charge < -0.3 is 13.9 Å². The Kier molecular flexibility index (Phi) is 7.23. The first kappa shape index (κ1) is 23.1. The van der Waals surface area contributed by atoms with E-state index < -0.39 is 32.6 Å². The summed E-state index contributed by atoms with van der Waals surface area (Å²) in [6.45, 7) is 12.1. The fourth-order valence-corrected chi connectivity index (χ4v) is 4.02. The zero-order valence-electron chi connectivity index (χ0n) is 18.0. The van der Waals surface area contributed by atoms with E-state index in [0.717, 1.165) is 5.56 Å². The number of hydrogen-bond donors (Lipinski definition) is 0. The first-order chi connectivity index (χ1) is 13.5. The summed E-state index contributed by atoms with van der Waals surface area (Å²) in [6.07, 6.45) is -1.69. The Labute approximate surface area is 173 Å². The molecule has 0 N–H and O–H groups in total. The van der Waals surface area contributed by atoms with Gasteiger partial charge in [-0.05, 0) is 23.7 Å². The molecule has 0 bridgehead atoms. The third-order valence-electron chi connectivity index (χ3n) is 5.47. The third kappa shape index (κ3) is 6.14. The van der Waals surface area contributed by atoms with Crippen molar-refractivity contribution in [1.82, 2.24) is 4.90 Å². The summed E-state index contributed by atoms with van der Waals surface area (Å²) in [5.41, 5.74) is 0.888. The standard InChI is InChI=1S/C21H31NO6Si/c1-15(24)27-18(13-23)19(28-29(5,6)21(2,3)4)17-12-22(17)20(25)26-14-16-10-8-7-9-11-16/h7-11,13,17-19H,12,14H2,1-6H3/t17-,18+,19+,22?/m0/s1. The van der Waals surface area contributed by atoms with Gasteiger partial charge in [0, 0.05) is 13.5 Å². The van der Waals surface area contributed by atoms with Gasteiger partial charge in [0.15, 0.2) is 20.7 Å². The minimum atomic E-state index is -2.29. The predicted octanol–water partition coefficient (Wildman–Crippen LogP) is 3.53. The summed E-state index contributed by atoms with van der Waals surface area (Å²) in [5.74, 6) is -0.565. The van der Waals surface area contributed by atoms with Crippen molar-refractivity contribution in [3.05, 3.63) is 35.9 Å². The molecule has 1 saturated heterocycles. The Balaban J connectivity index is 2.09. The smallest absolute Gasteiger partial charge is 0.410 e. The molecule has 160 valence electrons. The van der Waals surface area contributed by atoms with Gasteiger partial charge in [0.05, 0.1) is 6.04 Å². The van der Waals surface area contributed by atoms with E-state index in [1.54, 1.807) is 0 Å². The maximum absolute atomic E-state index is 12.5. The second-order valence-corrected chi connectivity index (χ2v) is 13.6. The van der Waals surface area contributed by atoms with Crippen LogP contribution in [0.3, 0.4) is 0 Å². The Morgan fingerprint density at radius 2 is 1.86 bits per heavy atom. The van der Waals surface area contributed by atoms with Crippen molar-refractivity contribution in [2.24, 2.45) is 0 Å². The summed E-state index contributed by atoms with van der Waals surface area (Å²) in [5, 5.41) is -0.109. The highest BCUT2D eigenvalue weighted by atomic mass is 28.4. The summed E-state index contributed by atoms with van der Waals surface area (Å²) >= 11 is 0. The van der Waals surface area contributed by atoms with E-state index in [-0.39, 0.29) is 17.7 Å². The topological polar surface area (TPSA) is 81.9 Å². The number of carbonyl (C=O) groups is 3. The molecule has 2 rings (SSSR count). The highest BCUT2D eigenvalue weighted by Crippen LogP contribution is 2.40. The van der Waals surface area contributed by atoms with E-state index >= 15 is 0 Å². The monoisotopic (exact) mass is 421 g/mol. The Hall–Kier alpha value is -2.19. The average molecular weight is 422 g/mol. The second-order valence-electron chi connectivity index (χ2n) is 8.81. The van der Waals surface area contributed by atoms with E-state index in [2.05, 4.69) is 33.9 Å². The fourth-order valence-electron chi connectivity index (χ4n) is 2.69. The van der Waals surface area contributed by atoms with Crippen LogP contribution in [-0.4, -0.2) is 56.4 Å². The van der Waals surface area contributed by atoms with Gasteiger partial charge in [-0.2, -0.15) is 0 Å².